The summed E-state index contributed by atoms with van der Waals surface area (Å²) < 4.78 is 65.9. The van der Waals surface area contributed by atoms with Crippen molar-refractivity contribution in [3.63, 3.8) is 0 Å². The highest BCUT2D eigenvalue weighted by Crippen LogP contribution is 2.50. The SMILES string of the molecule is O=C(COc1ccc(Cl)c(F)c1)NC12CCC(NC(=O)COc3ccc(Cl)c(F)c3)(CC1)C(N1CC(F)(F)C1)C2. The molecule has 1 heterocycles. The molecule has 1 unspecified atom stereocenters. The summed E-state index contributed by atoms with van der Waals surface area (Å²) in [6.45, 7) is -1.63. The minimum atomic E-state index is -2.82. The van der Waals surface area contributed by atoms with E-state index in [2.05, 4.69) is 10.6 Å². The monoisotopic (exact) mass is 603 g/mol. The number of ether oxygens (including phenoxy) is 2. The lowest BCUT2D eigenvalue weighted by Crippen LogP contribution is -2.77. The Labute approximate surface area is 238 Å². The molecule has 2 bridgehead atoms. The average Bonchev–Trinajstić information content (AvgIpc) is 2.89. The molecule has 4 fully saturated rings. The van der Waals surface area contributed by atoms with Gasteiger partial charge in [-0.2, -0.15) is 0 Å². The zero-order valence-electron chi connectivity index (χ0n) is 21.3. The van der Waals surface area contributed by atoms with Crippen molar-refractivity contribution in [3.05, 3.63) is 58.1 Å². The molecule has 7 nitrogen and oxygen atoms in total. The molecule has 4 aliphatic rings. The Hall–Kier alpha value is -2.76. The third kappa shape index (κ3) is 6.11. The molecule has 3 saturated carbocycles. The van der Waals surface area contributed by atoms with Crippen LogP contribution in [-0.2, 0) is 9.59 Å². The van der Waals surface area contributed by atoms with Crippen LogP contribution in [0.1, 0.15) is 32.1 Å². The number of halogens is 6. The van der Waals surface area contributed by atoms with Crippen LogP contribution in [0.15, 0.2) is 36.4 Å². The average molecular weight is 604 g/mol. The summed E-state index contributed by atoms with van der Waals surface area (Å²) in [5, 5.41) is 5.89. The zero-order chi connectivity index (χ0) is 28.7. The van der Waals surface area contributed by atoms with Gasteiger partial charge in [0.15, 0.2) is 13.2 Å². The fourth-order valence-electron chi connectivity index (χ4n) is 5.99. The molecule has 40 heavy (non-hydrogen) atoms. The fraction of sp³-hybridized carbons (Fsp3) is 0.481. The van der Waals surface area contributed by atoms with Crippen molar-refractivity contribution < 1.29 is 36.6 Å². The second-order valence-electron chi connectivity index (χ2n) is 10.7. The van der Waals surface area contributed by atoms with Crippen molar-refractivity contribution >= 4 is 35.0 Å². The van der Waals surface area contributed by atoms with E-state index >= 15 is 0 Å². The second-order valence-corrected chi connectivity index (χ2v) is 11.6. The number of hydrogen-bond donors (Lipinski definition) is 2. The summed E-state index contributed by atoms with van der Waals surface area (Å²) >= 11 is 11.4. The van der Waals surface area contributed by atoms with Gasteiger partial charge in [0, 0.05) is 23.7 Å². The molecule has 1 atom stereocenters. The van der Waals surface area contributed by atoms with Gasteiger partial charge in [0.05, 0.1) is 28.7 Å². The van der Waals surface area contributed by atoms with Crippen molar-refractivity contribution in [2.45, 2.75) is 55.1 Å². The van der Waals surface area contributed by atoms with E-state index in [0.717, 1.165) is 12.1 Å². The molecule has 1 aliphatic heterocycles. The van der Waals surface area contributed by atoms with Gasteiger partial charge in [-0.3, -0.25) is 14.5 Å². The molecule has 0 radical (unpaired) electrons. The number of nitrogens with one attached hydrogen (secondary N) is 2. The summed E-state index contributed by atoms with van der Waals surface area (Å²) in [6.07, 6.45) is 2.28. The van der Waals surface area contributed by atoms with E-state index in [1.54, 1.807) is 4.90 Å². The number of likely N-dealkylation sites (tertiary alicyclic amines) is 1. The van der Waals surface area contributed by atoms with Crippen LogP contribution in [0.3, 0.4) is 0 Å². The van der Waals surface area contributed by atoms with E-state index in [0.29, 0.717) is 32.1 Å². The van der Waals surface area contributed by atoms with Crippen LogP contribution in [0, 0.1) is 11.6 Å². The number of carbonyl (C=O) groups is 2. The summed E-state index contributed by atoms with van der Waals surface area (Å²) in [6, 6.07) is 7.24. The van der Waals surface area contributed by atoms with Gasteiger partial charge < -0.3 is 20.1 Å². The minimum Gasteiger partial charge on any atom is -0.484 e. The highest BCUT2D eigenvalue weighted by atomic mass is 35.5. The highest BCUT2D eigenvalue weighted by Gasteiger charge is 2.61. The van der Waals surface area contributed by atoms with Crippen LogP contribution in [0.4, 0.5) is 17.6 Å². The summed E-state index contributed by atoms with van der Waals surface area (Å²) in [7, 11) is 0. The normalized spacial score (nSPS) is 27.0. The van der Waals surface area contributed by atoms with Crippen LogP contribution in [-0.4, -0.2) is 66.1 Å². The van der Waals surface area contributed by atoms with Gasteiger partial charge in [0.2, 0.25) is 0 Å². The highest BCUT2D eigenvalue weighted by molar-refractivity contribution is 6.31. The topological polar surface area (TPSA) is 79.9 Å². The molecule has 2 N–H and O–H groups in total. The minimum absolute atomic E-state index is 0.0660. The maximum Gasteiger partial charge on any atom is 0.272 e. The molecule has 2 aromatic carbocycles. The first kappa shape index (κ1) is 28.8. The number of carbonyl (C=O) groups excluding carboxylic acids is 2. The van der Waals surface area contributed by atoms with Crippen molar-refractivity contribution in [2.75, 3.05) is 26.3 Å². The molecule has 0 aromatic heterocycles. The van der Waals surface area contributed by atoms with E-state index in [1.807, 2.05) is 0 Å². The van der Waals surface area contributed by atoms with Crippen molar-refractivity contribution in [1.82, 2.24) is 15.5 Å². The molecule has 216 valence electrons. The molecule has 13 heteroatoms. The molecule has 6 rings (SSSR count). The quantitative estimate of drug-likeness (QED) is 0.405. The van der Waals surface area contributed by atoms with Crippen LogP contribution in [0.25, 0.3) is 0 Å². The Morgan fingerprint density at radius 3 is 1.82 bits per heavy atom. The molecule has 1 saturated heterocycles. The molecular weight excluding hydrogens is 577 g/mol. The van der Waals surface area contributed by atoms with Gasteiger partial charge >= 0.3 is 0 Å². The number of alkyl halides is 2. The Balaban J connectivity index is 1.23. The molecule has 3 aliphatic carbocycles. The summed E-state index contributed by atoms with van der Waals surface area (Å²) in [5.74, 6) is -4.78. The fourth-order valence-corrected chi connectivity index (χ4v) is 6.22. The molecule has 0 spiro atoms. The standard InChI is InChI=1S/C27H27Cl2F4N3O4/c28-18-3-1-16(9-20(18)30)39-12-23(37)34-25-5-7-26(8-6-25,22(11-25)36-14-27(32,33)15-36)35-24(38)13-40-17-2-4-19(29)21(31)10-17/h1-4,9-10,22H,5-8,11-15H2,(H,34,37)(H,35,38). The molecular formula is C27H27Cl2F4N3O4. The van der Waals surface area contributed by atoms with Crippen LogP contribution in [0.5, 0.6) is 11.5 Å². The van der Waals surface area contributed by atoms with E-state index < -0.39 is 66.2 Å². The van der Waals surface area contributed by atoms with E-state index in [1.165, 1.54) is 24.3 Å². The number of nitrogens with zero attached hydrogens (tertiary/aromatic N) is 1. The van der Waals surface area contributed by atoms with Gasteiger partial charge in [0.25, 0.3) is 17.7 Å². The number of fused-ring (bicyclic) bond motifs is 3. The molecule has 2 amide bonds. The first-order chi connectivity index (χ1) is 18.9. The summed E-state index contributed by atoms with van der Waals surface area (Å²) in [4.78, 5) is 27.3. The zero-order valence-corrected chi connectivity index (χ0v) is 22.8. The second kappa shape index (κ2) is 10.9. The van der Waals surface area contributed by atoms with Crippen molar-refractivity contribution in [3.8, 4) is 11.5 Å². The molecule has 2 aromatic rings. The van der Waals surface area contributed by atoms with Gasteiger partial charge in [-0.15, -0.1) is 0 Å². The van der Waals surface area contributed by atoms with Gasteiger partial charge in [-0.05, 0) is 56.4 Å². The van der Waals surface area contributed by atoms with Gasteiger partial charge in [-0.25, -0.2) is 17.6 Å². The maximum absolute atomic E-state index is 13.9. The van der Waals surface area contributed by atoms with E-state index in [4.69, 9.17) is 32.7 Å². The van der Waals surface area contributed by atoms with Crippen LogP contribution in [0.2, 0.25) is 10.0 Å². The largest absolute Gasteiger partial charge is 0.484 e. The van der Waals surface area contributed by atoms with E-state index in [9.17, 15) is 27.2 Å². The first-order valence-corrected chi connectivity index (χ1v) is 13.5. The van der Waals surface area contributed by atoms with Gasteiger partial charge in [-0.1, -0.05) is 23.2 Å². The lowest BCUT2D eigenvalue weighted by Gasteiger charge is -2.62. The number of benzene rings is 2. The Kier molecular flexibility index (Phi) is 7.84. The Morgan fingerprint density at radius 2 is 1.35 bits per heavy atom. The maximum atomic E-state index is 13.9. The lowest BCUT2D eigenvalue weighted by atomic mass is 9.58. The van der Waals surface area contributed by atoms with Crippen molar-refractivity contribution in [2.24, 2.45) is 0 Å². The van der Waals surface area contributed by atoms with Crippen LogP contribution < -0.4 is 20.1 Å². The number of amides is 2. The lowest BCUT2D eigenvalue weighted by molar-refractivity contribution is -0.178. The predicted molar refractivity (Wildman–Crippen MR) is 139 cm³/mol. The third-order valence-electron chi connectivity index (χ3n) is 7.95. The van der Waals surface area contributed by atoms with E-state index in [-0.39, 0.29) is 28.2 Å². The van der Waals surface area contributed by atoms with Gasteiger partial charge in [0.1, 0.15) is 23.1 Å². The predicted octanol–water partition coefficient (Wildman–Crippen LogP) is 4.74. The third-order valence-corrected chi connectivity index (χ3v) is 8.56. The van der Waals surface area contributed by atoms with Crippen LogP contribution >= 0.6 is 23.2 Å². The number of rotatable bonds is 9. The Bertz CT molecular complexity index is 1300. The first-order valence-electron chi connectivity index (χ1n) is 12.8. The smallest absolute Gasteiger partial charge is 0.272 e. The Morgan fingerprint density at radius 1 is 0.850 bits per heavy atom. The summed E-state index contributed by atoms with van der Waals surface area (Å²) in [5.41, 5.74) is -1.45. The number of hydrogen-bond acceptors (Lipinski definition) is 5. The van der Waals surface area contributed by atoms with Crippen molar-refractivity contribution in [1.29, 1.82) is 0 Å².